The molecule has 2 nitrogen and oxygen atoms in total. The molecule has 4 saturated carbocycles. The van der Waals surface area contributed by atoms with Crippen molar-refractivity contribution in [2.75, 3.05) is 0 Å². The van der Waals surface area contributed by atoms with Crippen LogP contribution in [0, 0.1) is 46.3 Å². The molecule has 0 aromatic carbocycles. The third kappa shape index (κ3) is 2.85. The molecule has 148 valence electrons. The largest absolute Gasteiger partial charge is 0.481 e. The van der Waals surface area contributed by atoms with Crippen molar-refractivity contribution in [3.05, 3.63) is 0 Å². The van der Waals surface area contributed by atoms with Crippen LogP contribution < -0.4 is 0 Å². The Labute approximate surface area is 160 Å². The molecule has 26 heavy (non-hydrogen) atoms. The van der Waals surface area contributed by atoms with Gasteiger partial charge < -0.3 is 5.11 Å². The molecule has 0 aromatic heterocycles. The average molecular weight is 361 g/mol. The third-order valence-corrected chi connectivity index (χ3v) is 10.2. The van der Waals surface area contributed by atoms with Crippen molar-refractivity contribution in [2.24, 2.45) is 46.3 Å². The molecule has 2 heteroatoms. The van der Waals surface area contributed by atoms with Crippen LogP contribution in [0.2, 0.25) is 0 Å². The van der Waals surface area contributed by atoms with Crippen LogP contribution >= 0.6 is 0 Å². The van der Waals surface area contributed by atoms with Gasteiger partial charge in [-0.3, -0.25) is 4.79 Å². The van der Waals surface area contributed by atoms with Gasteiger partial charge >= 0.3 is 5.97 Å². The second kappa shape index (κ2) is 6.82. The Hall–Kier alpha value is -0.530. The van der Waals surface area contributed by atoms with Crippen LogP contribution in [0.15, 0.2) is 0 Å². The summed E-state index contributed by atoms with van der Waals surface area (Å²) < 4.78 is 0. The highest BCUT2D eigenvalue weighted by atomic mass is 16.4. The molecule has 0 radical (unpaired) electrons. The summed E-state index contributed by atoms with van der Waals surface area (Å²) in [6, 6.07) is 0. The number of rotatable bonds is 4. The van der Waals surface area contributed by atoms with Gasteiger partial charge in [0.1, 0.15) is 0 Å². The molecule has 0 amide bonds. The fourth-order valence-electron chi connectivity index (χ4n) is 8.82. The van der Waals surface area contributed by atoms with Gasteiger partial charge in [-0.2, -0.15) is 0 Å². The fourth-order valence-corrected chi connectivity index (χ4v) is 8.82. The van der Waals surface area contributed by atoms with Crippen molar-refractivity contribution < 1.29 is 9.90 Å². The fraction of sp³-hybridized carbons (Fsp3) is 0.958. The Morgan fingerprint density at radius 1 is 0.962 bits per heavy atom. The van der Waals surface area contributed by atoms with Crippen LogP contribution in [0.25, 0.3) is 0 Å². The van der Waals surface area contributed by atoms with Crippen molar-refractivity contribution >= 4 is 5.97 Å². The van der Waals surface area contributed by atoms with Crippen molar-refractivity contribution in [2.45, 2.75) is 97.8 Å². The summed E-state index contributed by atoms with van der Waals surface area (Å²) in [4.78, 5) is 11.0. The number of carboxylic acids is 1. The van der Waals surface area contributed by atoms with E-state index in [4.69, 9.17) is 5.11 Å². The predicted molar refractivity (Wildman–Crippen MR) is 106 cm³/mol. The predicted octanol–water partition coefficient (Wildman–Crippen LogP) is 6.54. The number of hydrogen-bond acceptors (Lipinski definition) is 1. The first-order valence-electron chi connectivity index (χ1n) is 11.6. The van der Waals surface area contributed by atoms with Gasteiger partial charge in [0.25, 0.3) is 0 Å². The van der Waals surface area contributed by atoms with Crippen LogP contribution in [0.4, 0.5) is 0 Å². The van der Waals surface area contributed by atoms with Gasteiger partial charge in [-0.05, 0) is 104 Å². The molecular formula is C24H40O2. The van der Waals surface area contributed by atoms with Crippen LogP contribution in [-0.4, -0.2) is 11.1 Å². The first-order chi connectivity index (χ1) is 12.4. The molecule has 0 spiro atoms. The quantitative estimate of drug-likeness (QED) is 0.618. The van der Waals surface area contributed by atoms with Crippen LogP contribution in [0.1, 0.15) is 97.8 Å². The lowest BCUT2D eigenvalue weighted by Gasteiger charge is -2.61. The van der Waals surface area contributed by atoms with Gasteiger partial charge in [0.15, 0.2) is 0 Å². The molecule has 0 saturated heterocycles. The number of carbonyl (C=O) groups is 1. The minimum absolute atomic E-state index is 0.351. The number of carboxylic acid groups (broad SMARTS) is 1. The van der Waals surface area contributed by atoms with E-state index in [1.807, 2.05) is 0 Å². The monoisotopic (exact) mass is 360 g/mol. The SMILES string of the molecule is C[C@H](CCC(=O)O)[C@H]1CC[C@H]2[C@H]3CC[C@@H]4CCCC[C@]4(C)[C@@H]3CC[C@]12C. The van der Waals surface area contributed by atoms with E-state index in [0.717, 1.165) is 36.0 Å². The second-order valence-corrected chi connectivity index (χ2v) is 11.0. The highest BCUT2D eigenvalue weighted by molar-refractivity contribution is 5.66. The van der Waals surface area contributed by atoms with E-state index >= 15 is 0 Å². The molecule has 8 atom stereocenters. The van der Waals surface area contributed by atoms with Gasteiger partial charge in [0, 0.05) is 6.42 Å². The highest BCUT2D eigenvalue weighted by Crippen LogP contribution is 2.68. The number of hydrogen-bond donors (Lipinski definition) is 1. The van der Waals surface area contributed by atoms with Gasteiger partial charge in [-0.15, -0.1) is 0 Å². The van der Waals surface area contributed by atoms with Crippen LogP contribution in [-0.2, 0) is 4.79 Å². The molecule has 4 aliphatic rings. The Kier molecular flexibility index (Phi) is 4.93. The minimum atomic E-state index is -0.621. The lowest BCUT2D eigenvalue weighted by molar-refractivity contribution is -0.137. The molecule has 0 bridgehead atoms. The number of fused-ring (bicyclic) bond motifs is 5. The lowest BCUT2D eigenvalue weighted by atomic mass is 9.44. The maximum Gasteiger partial charge on any atom is 0.303 e. The molecule has 4 aliphatic carbocycles. The minimum Gasteiger partial charge on any atom is -0.481 e. The summed E-state index contributed by atoms with van der Waals surface area (Å²) in [6.07, 6.45) is 15.7. The average Bonchev–Trinajstić information content (AvgIpc) is 2.96. The Bertz CT molecular complexity index is 542. The van der Waals surface area contributed by atoms with E-state index in [0.29, 0.717) is 23.2 Å². The molecular weight excluding hydrogens is 320 g/mol. The molecule has 0 aliphatic heterocycles. The van der Waals surface area contributed by atoms with E-state index in [9.17, 15) is 4.79 Å². The van der Waals surface area contributed by atoms with Gasteiger partial charge in [-0.1, -0.05) is 33.6 Å². The molecule has 0 unspecified atom stereocenters. The summed E-state index contributed by atoms with van der Waals surface area (Å²) in [6.45, 7) is 7.60. The second-order valence-electron chi connectivity index (χ2n) is 11.0. The van der Waals surface area contributed by atoms with E-state index in [-0.39, 0.29) is 0 Å². The van der Waals surface area contributed by atoms with Gasteiger partial charge in [-0.25, -0.2) is 0 Å². The summed E-state index contributed by atoms with van der Waals surface area (Å²) >= 11 is 0. The van der Waals surface area contributed by atoms with E-state index in [1.165, 1.54) is 64.2 Å². The number of aliphatic carboxylic acids is 1. The van der Waals surface area contributed by atoms with Crippen molar-refractivity contribution in [1.29, 1.82) is 0 Å². The van der Waals surface area contributed by atoms with Gasteiger partial charge in [0.05, 0.1) is 0 Å². The van der Waals surface area contributed by atoms with Crippen molar-refractivity contribution in [1.82, 2.24) is 0 Å². The first kappa shape index (κ1) is 18.8. The van der Waals surface area contributed by atoms with Crippen molar-refractivity contribution in [3.8, 4) is 0 Å². The molecule has 1 N–H and O–H groups in total. The van der Waals surface area contributed by atoms with E-state index < -0.39 is 5.97 Å². The van der Waals surface area contributed by atoms with Crippen LogP contribution in [0.5, 0.6) is 0 Å². The smallest absolute Gasteiger partial charge is 0.303 e. The maximum absolute atomic E-state index is 11.0. The lowest BCUT2D eigenvalue weighted by Crippen LogP contribution is -2.53. The van der Waals surface area contributed by atoms with Crippen molar-refractivity contribution in [3.63, 3.8) is 0 Å². The topological polar surface area (TPSA) is 37.3 Å². The zero-order chi connectivity index (χ0) is 18.5. The van der Waals surface area contributed by atoms with E-state index in [1.54, 1.807) is 0 Å². The normalized spacial score (nSPS) is 49.0. The Morgan fingerprint density at radius 2 is 1.73 bits per heavy atom. The zero-order valence-electron chi connectivity index (χ0n) is 17.3. The van der Waals surface area contributed by atoms with Crippen LogP contribution in [0.3, 0.4) is 0 Å². The third-order valence-electron chi connectivity index (χ3n) is 10.2. The Morgan fingerprint density at radius 3 is 2.50 bits per heavy atom. The molecule has 4 fully saturated rings. The molecule has 4 rings (SSSR count). The highest BCUT2D eigenvalue weighted by Gasteiger charge is 2.60. The van der Waals surface area contributed by atoms with E-state index in [2.05, 4.69) is 20.8 Å². The summed E-state index contributed by atoms with van der Waals surface area (Å²) in [7, 11) is 0. The zero-order valence-corrected chi connectivity index (χ0v) is 17.3. The molecule has 0 heterocycles. The summed E-state index contributed by atoms with van der Waals surface area (Å²) in [5, 5.41) is 9.09. The van der Waals surface area contributed by atoms with Gasteiger partial charge in [0.2, 0.25) is 0 Å². The Balaban J connectivity index is 1.52. The molecule has 0 aromatic rings. The summed E-state index contributed by atoms with van der Waals surface area (Å²) in [5.74, 6) is 4.57. The first-order valence-corrected chi connectivity index (χ1v) is 11.6. The maximum atomic E-state index is 11.0. The standard InChI is InChI=1S/C24H40O2/c1-16(7-12-22(25)26)19-10-11-20-18-9-8-17-6-4-5-14-23(17,2)21(18)13-15-24(19,20)3/h16-21H,4-15H2,1-3H3,(H,25,26)/t16-,17+,18-,19-,20+,21-,23+,24-/m1/s1. The summed E-state index contributed by atoms with van der Waals surface area (Å²) in [5.41, 5.74) is 1.12.